The Kier molecular flexibility index (Phi) is 5.55. The van der Waals surface area contributed by atoms with Gasteiger partial charge in [-0.3, -0.25) is 0 Å². The van der Waals surface area contributed by atoms with Gasteiger partial charge in [-0.2, -0.15) is 0 Å². The van der Waals surface area contributed by atoms with Crippen LogP contribution in [0.2, 0.25) is 0 Å². The normalized spacial score (nSPS) is 16.4. The third kappa shape index (κ3) is 4.18. The number of nitrogens with zero attached hydrogens (tertiary/aromatic N) is 1. The number of carbonyl (C=O) groups is 1. The van der Waals surface area contributed by atoms with Crippen LogP contribution in [0, 0.1) is 11.8 Å². The first kappa shape index (κ1) is 16.6. The minimum atomic E-state index is -0.0418. The quantitative estimate of drug-likeness (QED) is 0.769. The lowest BCUT2D eigenvalue weighted by Gasteiger charge is -2.25. The second-order valence-corrected chi connectivity index (χ2v) is 6.65. The van der Waals surface area contributed by atoms with Gasteiger partial charge in [-0.05, 0) is 42.7 Å². The van der Waals surface area contributed by atoms with Gasteiger partial charge in [-0.25, -0.2) is 4.79 Å². The zero-order chi connectivity index (χ0) is 16.8. The van der Waals surface area contributed by atoms with Crippen molar-refractivity contribution < 1.29 is 4.79 Å². The van der Waals surface area contributed by atoms with E-state index in [0.29, 0.717) is 6.54 Å². The van der Waals surface area contributed by atoms with Gasteiger partial charge in [0.25, 0.3) is 0 Å². The molecule has 1 aliphatic rings. The van der Waals surface area contributed by atoms with Crippen LogP contribution >= 0.6 is 15.9 Å². The fourth-order valence-electron chi connectivity index (χ4n) is 2.96. The minimum Gasteiger partial charge on any atom is -0.327 e. The summed E-state index contributed by atoms with van der Waals surface area (Å²) in [7, 11) is 0. The molecule has 122 valence electrons. The molecule has 1 fully saturated rings. The van der Waals surface area contributed by atoms with Crippen molar-refractivity contribution in [1.82, 2.24) is 10.2 Å². The molecule has 0 aromatic heterocycles. The maximum absolute atomic E-state index is 12.5. The van der Waals surface area contributed by atoms with E-state index in [9.17, 15) is 4.79 Å². The Morgan fingerprint density at radius 3 is 2.83 bits per heavy atom. The van der Waals surface area contributed by atoms with Gasteiger partial charge in [0.1, 0.15) is 0 Å². The first-order valence-corrected chi connectivity index (χ1v) is 8.87. The number of rotatable bonds is 2. The van der Waals surface area contributed by atoms with E-state index in [1.165, 1.54) is 5.56 Å². The average Bonchev–Trinajstić information content (AvgIpc) is 3.09. The summed E-state index contributed by atoms with van der Waals surface area (Å²) >= 11 is 3.50. The number of benzene rings is 2. The highest BCUT2D eigenvalue weighted by molar-refractivity contribution is 9.10. The fraction of sp³-hybridized carbons (Fsp3) is 0.250. The van der Waals surface area contributed by atoms with E-state index in [4.69, 9.17) is 0 Å². The molecule has 0 aliphatic carbocycles. The lowest BCUT2D eigenvalue weighted by molar-refractivity contribution is 0.194. The number of hydrogen-bond donors (Lipinski definition) is 1. The second kappa shape index (κ2) is 8.03. The summed E-state index contributed by atoms with van der Waals surface area (Å²) in [5.74, 6) is 6.06. The SMILES string of the molecule is O=C(NCC#Cc1ccccc1)N1CCC[C@@H]1c1cccc(Br)c1. The third-order valence-electron chi connectivity index (χ3n) is 4.08. The van der Waals surface area contributed by atoms with Crippen LogP contribution in [-0.2, 0) is 0 Å². The molecular weight excluding hydrogens is 364 g/mol. The molecule has 0 unspecified atom stereocenters. The van der Waals surface area contributed by atoms with Crippen molar-refractivity contribution in [2.75, 3.05) is 13.1 Å². The van der Waals surface area contributed by atoms with Crippen LogP contribution in [0.3, 0.4) is 0 Å². The monoisotopic (exact) mass is 382 g/mol. The molecule has 2 aromatic carbocycles. The zero-order valence-corrected chi connectivity index (χ0v) is 14.9. The number of amides is 2. The number of nitrogens with one attached hydrogen (secondary N) is 1. The molecule has 1 aliphatic heterocycles. The van der Waals surface area contributed by atoms with Crippen LogP contribution in [0.4, 0.5) is 4.79 Å². The molecule has 3 nitrogen and oxygen atoms in total. The van der Waals surface area contributed by atoms with Crippen molar-refractivity contribution in [2.24, 2.45) is 0 Å². The Labute approximate surface area is 151 Å². The van der Waals surface area contributed by atoms with Gasteiger partial charge in [0.15, 0.2) is 0 Å². The molecule has 0 radical (unpaired) electrons. The summed E-state index contributed by atoms with van der Waals surface area (Å²) in [5.41, 5.74) is 2.13. The molecule has 24 heavy (non-hydrogen) atoms. The van der Waals surface area contributed by atoms with Gasteiger partial charge in [-0.15, -0.1) is 0 Å². The van der Waals surface area contributed by atoms with E-state index in [-0.39, 0.29) is 12.1 Å². The van der Waals surface area contributed by atoms with E-state index >= 15 is 0 Å². The predicted molar refractivity (Wildman–Crippen MR) is 99.5 cm³/mol. The zero-order valence-electron chi connectivity index (χ0n) is 13.3. The van der Waals surface area contributed by atoms with Crippen LogP contribution in [0.1, 0.15) is 30.0 Å². The van der Waals surface area contributed by atoms with Gasteiger partial charge in [0, 0.05) is 16.6 Å². The molecular formula is C20H19BrN2O. The first-order valence-electron chi connectivity index (χ1n) is 8.08. The summed E-state index contributed by atoms with van der Waals surface area (Å²) in [6, 6.07) is 18.1. The van der Waals surface area contributed by atoms with Crippen molar-refractivity contribution >= 4 is 22.0 Å². The first-order chi connectivity index (χ1) is 11.7. The summed E-state index contributed by atoms with van der Waals surface area (Å²) in [6.07, 6.45) is 2.03. The Morgan fingerprint density at radius 1 is 1.21 bits per heavy atom. The van der Waals surface area contributed by atoms with E-state index in [1.807, 2.05) is 47.4 Å². The van der Waals surface area contributed by atoms with Crippen molar-refractivity contribution in [3.05, 3.63) is 70.2 Å². The molecule has 0 bridgehead atoms. The van der Waals surface area contributed by atoms with Crippen molar-refractivity contribution in [1.29, 1.82) is 0 Å². The van der Waals surface area contributed by atoms with Crippen molar-refractivity contribution in [3.8, 4) is 11.8 Å². The highest BCUT2D eigenvalue weighted by Gasteiger charge is 2.29. The molecule has 0 saturated carbocycles. The van der Waals surface area contributed by atoms with Crippen molar-refractivity contribution in [3.63, 3.8) is 0 Å². The van der Waals surface area contributed by atoms with Crippen LogP contribution in [0.25, 0.3) is 0 Å². The molecule has 0 spiro atoms. The summed E-state index contributed by atoms with van der Waals surface area (Å²) in [4.78, 5) is 14.4. The smallest absolute Gasteiger partial charge is 0.318 e. The number of likely N-dealkylation sites (tertiary alicyclic amines) is 1. The molecule has 1 saturated heterocycles. The summed E-state index contributed by atoms with van der Waals surface area (Å²) < 4.78 is 1.04. The van der Waals surface area contributed by atoms with Crippen LogP contribution in [-0.4, -0.2) is 24.0 Å². The van der Waals surface area contributed by atoms with E-state index in [2.05, 4.69) is 45.2 Å². The Balaban J connectivity index is 1.59. The molecule has 1 N–H and O–H groups in total. The summed E-state index contributed by atoms with van der Waals surface area (Å²) in [6.45, 7) is 1.14. The van der Waals surface area contributed by atoms with Gasteiger partial charge in [-0.1, -0.05) is 58.1 Å². The Morgan fingerprint density at radius 2 is 2.04 bits per heavy atom. The van der Waals surface area contributed by atoms with E-state index in [1.54, 1.807) is 0 Å². The maximum atomic E-state index is 12.5. The lowest BCUT2D eigenvalue weighted by atomic mass is 10.1. The van der Waals surface area contributed by atoms with Gasteiger partial charge >= 0.3 is 6.03 Å². The van der Waals surface area contributed by atoms with Crippen LogP contribution in [0.5, 0.6) is 0 Å². The van der Waals surface area contributed by atoms with Crippen molar-refractivity contribution in [2.45, 2.75) is 18.9 Å². The van der Waals surface area contributed by atoms with E-state index < -0.39 is 0 Å². The summed E-state index contributed by atoms with van der Waals surface area (Å²) in [5, 5.41) is 2.91. The maximum Gasteiger partial charge on any atom is 0.318 e. The molecule has 1 heterocycles. The topological polar surface area (TPSA) is 32.3 Å². The molecule has 4 heteroatoms. The minimum absolute atomic E-state index is 0.0418. The molecule has 1 atom stereocenters. The number of carbonyl (C=O) groups excluding carboxylic acids is 1. The predicted octanol–water partition coefficient (Wildman–Crippen LogP) is 4.35. The number of urea groups is 1. The number of hydrogen-bond acceptors (Lipinski definition) is 1. The van der Waals surface area contributed by atoms with Gasteiger partial charge < -0.3 is 10.2 Å². The Hall–Kier alpha value is -2.25. The Bertz CT molecular complexity index is 764. The van der Waals surface area contributed by atoms with Gasteiger partial charge in [0.05, 0.1) is 12.6 Å². The lowest BCUT2D eigenvalue weighted by Crippen LogP contribution is -2.39. The molecule has 3 rings (SSSR count). The second-order valence-electron chi connectivity index (χ2n) is 5.73. The van der Waals surface area contributed by atoms with Crippen LogP contribution in [0.15, 0.2) is 59.1 Å². The molecule has 2 aromatic rings. The highest BCUT2D eigenvalue weighted by atomic mass is 79.9. The van der Waals surface area contributed by atoms with E-state index in [0.717, 1.165) is 29.4 Å². The third-order valence-corrected chi connectivity index (χ3v) is 4.57. The standard InChI is InChI=1S/C20H19BrN2O/c21-18-11-4-10-17(15-18)19-12-6-14-23(19)20(24)22-13-5-9-16-7-2-1-3-8-16/h1-4,7-8,10-11,15,19H,6,12-14H2,(H,22,24)/t19-/m1/s1. The van der Waals surface area contributed by atoms with Crippen LogP contribution < -0.4 is 5.32 Å². The average molecular weight is 383 g/mol. The fourth-order valence-corrected chi connectivity index (χ4v) is 3.38. The molecule has 2 amide bonds. The largest absolute Gasteiger partial charge is 0.327 e. The highest BCUT2D eigenvalue weighted by Crippen LogP contribution is 2.32. The van der Waals surface area contributed by atoms with Gasteiger partial charge in [0.2, 0.25) is 0 Å². The number of halogens is 1.